The van der Waals surface area contributed by atoms with Gasteiger partial charge in [0.2, 0.25) is 0 Å². The summed E-state index contributed by atoms with van der Waals surface area (Å²) in [5.41, 5.74) is 2.73. The fraction of sp³-hybridized carbons (Fsp3) is 0.538. The van der Waals surface area contributed by atoms with Crippen LogP contribution in [0, 0.1) is 12.8 Å². The van der Waals surface area contributed by atoms with E-state index in [9.17, 15) is 0 Å². The van der Waals surface area contributed by atoms with E-state index in [4.69, 9.17) is 0 Å². The van der Waals surface area contributed by atoms with E-state index in [1.807, 2.05) is 0 Å². The Balaban J connectivity index is 1.66. The van der Waals surface area contributed by atoms with Gasteiger partial charge in [-0.1, -0.05) is 42.7 Å². The predicted octanol–water partition coefficient (Wildman–Crippen LogP) is 2.88. The molecule has 0 amide bonds. The highest BCUT2D eigenvalue weighted by Crippen LogP contribution is 2.31. The smallest absolute Gasteiger partial charge is 0.0205 e. The molecule has 14 heavy (non-hydrogen) atoms. The quantitative estimate of drug-likeness (QED) is 0.702. The van der Waals surface area contributed by atoms with Crippen LogP contribution >= 0.6 is 0 Å². The number of hydrogen-bond acceptors (Lipinski definition) is 1. The minimum atomic E-state index is 1.02. The second kappa shape index (κ2) is 4.61. The van der Waals surface area contributed by atoms with Crippen LogP contribution < -0.4 is 5.32 Å². The van der Waals surface area contributed by atoms with E-state index in [0.29, 0.717) is 0 Å². The molecule has 0 unspecified atom stereocenters. The summed E-state index contributed by atoms with van der Waals surface area (Å²) >= 11 is 0. The van der Waals surface area contributed by atoms with Crippen LogP contribution in [0.1, 0.15) is 30.4 Å². The van der Waals surface area contributed by atoms with Crippen molar-refractivity contribution in [3.05, 3.63) is 35.4 Å². The lowest BCUT2D eigenvalue weighted by atomic mass is 10.1. The van der Waals surface area contributed by atoms with E-state index in [0.717, 1.165) is 12.5 Å². The summed E-state index contributed by atoms with van der Waals surface area (Å²) in [7, 11) is 0. The van der Waals surface area contributed by atoms with Gasteiger partial charge in [-0.05, 0) is 31.4 Å². The number of benzene rings is 1. The van der Waals surface area contributed by atoms with Crippen molar-refractivity contribution in [2.45, 2.75) is 32.7 Å². The SMILES string of the molecule is Cc1ccc(CNCCC2CC2)cc1. The summed E-state index contributed by atoms with van der Waals surface area (Å²) in [6.45, 7) is 4.33. The molecule has 1 aliphatic carbocycles. The third-order valence-electron chi connectivity index (χ3n) is 2.88. The maximum absolute atomic E-state index is 3.49. The lowest BCUT2D eigenvalue weighted by Gasteiger charge is -2.04. The summed E-state index contributed by atoms with van der Waals surface area (Å²) in [6.07, 6.45) is 4.30. The lowest BCUT2D eigenvalue weighted by molar-refractivity contribution is 0.613. The molecular weight excluding hydrogens is 170 g/mol. The fourth-order valence-electron chi connectivity index (χ4n) is 1.65. The summed E-state index contributed by atoms with van der Waals surface area (Å²) in [6, 6.07) is 8.77. The molecule has 1 aliphatic rings. The first kappa shape index (κ1) is 9.72. The highest BCUT2D eigenvalue weighted by molar-refractivity contribution is 5.20. The Morgan fingerprint density at radius 1 is 1.21 bits per heavy atom. The standard InChI is InChI=1S/C13H19N/c1-11-2-4-13(5-3-11)10-14-9-8-12-6-7-12/h2-5,12,14H,6-10H2,1H3. The Labute approximate surface area is 86.5 Å². The zero-order valence-electron chi connectivity index (χ0n) is 8.92. The molecule has 0 atom stereocenters. The highest BCUT2D eigenvalue weighted by Gasteiger charge is 2.19. The topological polar surface area (TPSA) is 12.0 Å². The minimum absolute atomic E-state index is 1.02. The molecule has 1 fully saturated rings. The van der Waals surface area contributed by atoms with Crippen molar-refractivity contribution in [3.63, 3.8) is 0 Å². The molecule has 1 nitrogen and oxygen atoms in total. The van der Waals surface area contributed by atoms with Crippen molar-refractivity contribution >= 4 is 0 Å². The molecule has 76 valence electrons. The van der Waals surface area contributed by atoms with E-state index < -0.39 is 0 Å². The molecule has 0 bridgehead atoms. The molecule has 1 aromatic rings. The first-order valence-electron chi connectivity index (χ1n) is 5.61. The lowest BCUT2D eigenvalue weighted by Crippen LogP contribution is -2.14. The van der Waals surface area contributed by atoms with Gasteiger partial charge in [0.25, 0.3) is 0 Å². The molecular formula is C13H19N. The molecule has 2 rings (SSSR count). The molecule has 0 spiro atoms. The van der Waals surface area contributed by atoms with Gasteiger partial charge >= 0.3 is 0 Å². The Morgan fingerprint density at radius 2 is 1.93 bits per heavy atom. The van der Waals surface area contributed by atoms with Crippen LogP contribution in [0.4, 0.5) is 0 Å². The van der Waals surface area contributed by atoms with Crippen LogP contribution in [0.15, 0.2) is 24.3 Å². The van der Waals surface area contributed by atoms with Crippen LogP contribution in [0.5, 0.6) is 0 Å². The van der Waals surface area contributed by atoms with Crippen molar-refractivity contribution < 1.29 is 0 Å². The largest absolute Gasteiger partial charge is 0.313 e. The summed E-state index contributed by atoms with van der Waals surface area (Å²) in [5.74, 6) is 1.04. The Hall–Kier alpha value is -0.820. The Morgan fingerprint density at radius 3 is 2.57 bits per heavy atom. The summed E-state index contributed by atoms with van der Waals surface area (Å²) in [4.78, 5) is 0. The number of aryl methyl sites for hydroxylation is 1. The van der Waals surface area contributed by atoms with Crippen molar-refractivity contribution in [2.24, 2.45) is 5.92 Å². The van der Waals surface area contributed by atoms with E-state index >= 15 is 0 Å². The van der Waals surface area contributed by atoms with Gasteiger partial charge in [-0.15, -0.1) is 0 Å². The zero-order valence-corrected chi connectivity index (χ0v) is 8.92. The molecule has 0 aliphatic heterocycles. The normalized spacial score (nSPS) is 15.8. The molecule has 0 heterocycles. The van der Waals surface area contributed by atoms with Gasteiger partial charge in [0.15, 0.2) is 0 Å². The van der Waals surface area contributed by atoms with Gasteiger partial charge < -0.3 is 5.32 Å². The maximum Gasteiger partial charge on any atom is 0.0205 e. The zero-order chi connectivity index (χ0) is 9.80. The van der Waals surface area contributed by atoms with Gasteiger partial charge in [0, 0.05) is 6.54 Å². The van der Waals surface area contributed by atoms with Crippen LogP contribution in [0.25, 0.3) is 0 Å². The predicted molar refractivity (Wildman–Crippen MR) is 60.2 cm³/mol. The molecule has 1 N–H and O–H groups in total. The van der Waals surface area contributed by atoms with Gasteiger partial charge in [-0.25, -0.2) is 0 Å². The van der Waals surface area contributed by atoms with Gasteiger partial charge in [-0.3, -0.25) is 0 Å². The van der Waals surface area contributed by atoms with Crippen LogP contribution in [0.3, 0.4) is 0 Å². The summed E-state index contributed by atoms with van der Waals surface area (Å²) in [5, 5.41) is 3.49. The number of hydrogen-bond donors (Lipinski definition) is 1. The molecule has 1 heteroatoms. The van der Waals surface area contributed by atoms with Crippen LogP contribution in [-0.2, 0) is 6.54 Å². The van der Waals surface area contributed by atoms with E-state index in [2.05, 4.69) is 36.5 Å². The van der Waals surface area contributed by atoms with E-state index in [1.54, 1.807) is 0 Å². The second-order valence-corrected chi connectivity index (χ2v) is 4.39. The van der Waals surface area contributed by atoms with E-state index in [1.165, 1.54) is 36.9 Å². The van der Waals surface area contributed by atoms with Crippen molar-refractivity contribution in [1.82, 2.24) is 5.32 Å². The van der Waals surface area contributed by atoms with E-state index in [-0.39, 0.29) is 0 Å². The molecule has 0 radical (unpaired) electrons. The first-order valence-corrected chi connectivity index (χ1v) is 5.61. The van der Waals surface area contributed by atoms with Gasteiger partial charge in [-0.2, -0.15) is 0 Å². The monoisotopic (exact) mass is 189 g/mol. The fourth-order valence-corrected chi connectivity index (χ4v) is 1.65. The second-order valence-electron chi connectivity index (χ2n) is 4.39. The highest BCUT2D eigenvalue weighted by atomic mass is 14.8. The van der Waals surface area contributed by atoms with Crippen LogP contribution in [0.2, 0.25) is 0 Å². The third kappa shape index (κ3) is 3.15. The van der Waals surface area contributed by atoms with Gasteiger partial charge in [0.05, 0.1) is 0 Å². The third-order valence-corrected chi connectivity index (χ3v) is 2.88. The number of nitrogens with one attached hydrogen (secondary N) is 1. The molecule has 1 aromatic carbocycles. The van der Waals surface area contributed by atoms with Crippen molar-refractivity contribution in [3.8, 4) is 0 Å². The molecule has 0 aromatic heterocycles. The molecule has 0 saturated heterocycles. The van der Waals surface area contributed by atoms with Crippen LogP contribution in [-0.4, -0.2) is 6.54 Å². The van der Waals surface area contributed by atoms with Crippen molar-refractivity contribution in [2.75, 3.05) is 6.54 Å². The van der Waals surface area contributed by atoms with Gasteiger partial charge in [0.1, 0.15) is 0 Å². The molecule has 1 saturated carbocycles. The maximum atomic E-state index is 3.49. The number of rotatable bonds is 5. The first-order chi connectivity index (χ1) is 6.84. The summed E-state index contributed by atoms with van der Waals surface area (Å²) < 4.78 is 0. The average Bonchev–Trinajstić information content (AvgIpc) is 2.99. The Bertz CT molecular complexity index is 272. The Kier molecular flexibility index (Phi) is 3.20. The minimum Gasteiger partial charge on any atom is -0.313 e. The van der Waals surface area contributed by atoms with Crippen molar-refractivity contribution in [1.29, 1.82) is 0 Å². The average molecular weight is 189 g/mol.